The van der Waals surface area contributed by atoms with Crippen LogP contribution in [0.5, 0.6) is 5.75 Å². The van der Waals surface area contributed by atoms with Crippen LogP contribution in [0, 0.1) is 13.8 Å². The van der Waals surface area contributed by atoms with Crippen LogP contribution < -0.4 is 15.4 Å². The van der Waals surface area contributed by atoms with E-state index in [1.807, 2.05) is 56.3 Å². The number of rotatable bonds is 6. The monoisotopic (exact) mass is 348 g/mol. The summed E-state index contributed by atoms with van der Waals surface area (Å²) in [5.41, 5.74) is 5.16. The summed E-state index contributed by atoms with van der Waals surface area (Å²) >= 11 is 0. The number of hydrogen-bond acceptors (Lipinski definition) is 5. The number of aryl methyl sites for hydroxylation is 3. The average molecular weight is 348 g/mol. The molecule has 0 aliphatic heterocycles. The third kappa shape index (κ3) is 4.11. The molecule has 0 bridgehead atoms. The van der Waals surface area contributed by atoms with Crippen LogP contribution in [0.3, 0.4) is 0 Å². The van der Waals surface area contributed by atoms with Crippen LogP contribution in [0.15, 0.2) is 48.5 Å². The number of aromatic nitrogens is 2. The molecule has 26 heavy (non-hydrogen) atoms. The first kappa shape index (κ1) is 17.7. The van der Waals surface area contributed by atoms with E-state index in [2.05, 4.69) is 33.6 Å². The van der Waals surface area contributed by atoms with E-state index in [-0.39, 0.29) is 0 Å². The van der Waals surface area contributed by atoms with Crippen molar-refractivity contribution in [3.05, 3.63) is 65.4 Å². The smallest absolute Gasteiger partial charge is 0.229 e. The lowest BCUT2D eigenvalue weighted by molar-refractivity contribution is 0.416. The summed E-state index contributed by atoms with van der Waals surface area (Å²) in [4.78, 5) is 9.13. The highest BCUT2D eigenvalue weighted by atomic mass is 16.5. The van der Waals surface area contributed by atoms with Gasteiger partial charge in [-0.2, -0.15) is 4.98 Å². The van der Waals surface area contributed by atoms with E-state index in [1.165, 1.54) is 5.56 Å². The van der Waals surface area contributed by atoms with Crippen molar-refractivity contribution in [2.24, 2.45) is 0 Å². The van der Waals surface area contributed by atoms with Crippen molar-refractivity contribution < 1.29 is 4.74 Å². The summed E-state index contributed by atoms with van der Waals surface area (Å²) in [5, 5.41) is 6.68. The summed E-state index contributed by atoms with van der Waals surface area (Å²) in [6, 6.07) is 16.1. The van der Waals surface area contributed by atoms with Gasteiger partial charge in [0.25, 0.3) is 0 Å². The van der Waals surface area contributed by atoms with Gasteiger partial charge in [0, 0.05) is 17.4 Å². The third-order valence-electron chi connectivity index (χ3n) is 4.12. The number of anilines is 4. The van der Waals surface area contributed by atoms with Gasteiger partial charge >= 0.3 is 0 Å². The molecule has 3 aromatic rings. The molecule has 0 fully saturated rings. The molecule has 0 saturated heterocycles. The number of hydrogen-bond donors (Lipinski definition) is 2. The molecular weight excluding hydrogens is 324 g/mol. The Balaban J connectivity index is 1.90. The molecule has 0 aliphatic rings. The van der Waals surface area contributed by atoms with E-state index in [4.69, 9.17) is 4.74 Å². The Morgan fingerprint density at radius 2 is 1.73 bits per heavy atom. The Hall–Kier alpha value is -3.08. The van der Waals surface area contributed by atoms with E-state index < -0.39 is 0 Å². The standard InChI is InChI=1S/C21H24N4O/c1-5-16-8-6-7-9-17(16)24-21-22-15(3)13-20(25-21)23-18-12-14(2)10-11-19(18)26-4/h6-13H,5H2,1-4H3,(H2,22,23,24,25). The molecule has 3 rings (SSSR count). The average Bonchev–Trinajstić information content (AvgIpc) is 2.62. The maximum absolute atomic E-state index is 5.44. The normalized spacial score (nSPS) is 10.5. The van der Waals surface area contributed by atoms with Crippen LogP contribution in [-0.4, -0.2) is 17.1 Å². The van der Waals surface area contributed by atoms with Crippen molar-refractivity contribution in [1.29, 1.82) is 0 Å². The van der Waals surface area contributed by atoms with Crippen molar-refractivity contribution in [2.75, 3.05) is 17.7 Å². The number of methoxy groups -OCH3 is 1. The van der Waals surface area contributed by atoms with Gasteiger partial charge in [0.1, 0.15) is 11.6 Å². The number of para-hydroxylation sites is 1. The minimum atomic E-state index is 0.569. The predicted octanol–water partition coefficient (Wildman–Crippen LogP) is 5.15. The Morgan fingerprint density at radius 1 is 0.923 bits per heavy atom. The maximum Gasteiger partial charge on any atom is 0.229 e. The minimum absolute atomic E-state index is 0.569. The van der Waals surface area contributed by atoms with Gasteiger partial charge in [0.2, 0.25) is 5.95 Å². The number of nitrogens with one attached hydrogen (secondary N) is 2. The molecule has 134 valence electrons. The molecule has 0 saturated carbocycles. The largest absolute Gasteiger partial charge is 0.495 e. The van der Waals surface area contributed by atoms with Crippen molar-refractivity contribution in [3.8, 4) is 5.75 Å². The topological polar surface area (TPSA) is 59.1 Å². The summed E-state index contributed by atoms with van der Waals surface area (Å²) in [5.74, 6) is 2.07. The molecule has 2 N–H and O–H groups in total. The zero-order valence-electron chi connectivity index (χ0n) is 15.6. The van der Waals surface area contributed by atoms with Gasteiger partial charge in [-0.05, 0) is 49.6 Å². The quantitative estimate of drug-likeness (QED) is 0.645. The summed E-state index contributed by atoms with van der Waals surface area (Å²) < 4.78 is 5.44. The van der Waals surface area contributed by atoms with Crippen molar-refractivity contribution in [2.45, 2.75) is 27.2 Å². The van der Waals surface area contributed by atoms with Crippen molar-refractivity contribution in [1.82, 2.24) is 9.97 Å². The molecule has 0 radical (unpaired) electrons. The molecule has 0 unspecified atom stereocenters. The highest BCUT2D eigenvalue weighted by Gasteiger charge is 2.08. The van der Waals surface area contributed by atoms with Gasteiger partial charge in [0.05, 0.1) is 12.8 Å². The predicted molar refractivity (Wildman–Crippen MR) is 107 cm³/mol. The highest BCUT2D eigenvalue weighted by molar-refractivity contribution is 5.67. The van der Waals surface area contributed by atoms with Crippen LogP contribution in [-0.2, 0) is 6.42 Å². The molecule has 2 aromatic carbocycles. The lowest BCUT2D eigenvalue weighted by Gasteiger charge is -2.14. The molecule has 5 nitrogen and oxygen atoms in total. The van der Waals surface area contributed by atoms with Crippen LogP contribution >= 0.6 is 0 Å². The van der Waals surface area contributed by atoms with Crippen molar-refractivity contribution in [3.63, 3.8) is 0 Å². The lowest BCUT2D eigenvalue weighted by atomic mass is 10.1. The van der Waals surface area contributed by atoms with Crippen LogP contribution in [0.4, 0.5) is 23.1 Å². The molecule has 1 heterocycles. The van der Waals surface area contributed by atoms with Gasteiger partial charge in [-0.3, -0.25) is 0 Å². The SMILES string of the molecule is CCc1ccccc1Nc1nc(C)cc(Nc2cc(C)ccc2OC)n1. The zero-order chi connectivity index (χ0) is 18.5. The fraction of sp³-hybridized carbons (Fsp3) is 0.238. The Morgan fingerprint density at radius 3 is 2.50 bits per heavy atom. The van der Waals surface area contributed by atoms with Gasteiger partial charge in [0.15, 0.2) is 0 Å². The van der Waals surface area contributed by atoms with Gasteiger partial charge in [-0.1, -0.05) is 31.2 Å². The van der Waals surface area contributed by atoms with Crippen LogP contribution in [0.25, 0.3) is 0 Å². The molecule has 1 aromatic heterocycles. The zero-order valence-corrected chi connectivity index (χ0v) is 15.6. The first-order valence-corrected chi connectivity index (χ1v) is 8.71. The van der Waals surface area contributed by atoms with E-state index in [0.29, 0.717) is 5.95 Å². The van der Waals surface area contributed by atoms with Crippen LogP contribution in [0.2, 0.25) is 0 Å². The molecule has 0 atom stereocenters. The first-order valence-electron chi connectivity index (χ1n) is 8.71. The van der Waals surface area contributed by atoms with Gasteiger partial charge in [-0.25, -0.2) is 4.98 Å². The highest BCUT2D eigenvalue weighted by Crippen LogP contribution is 2.29. The second-order valence-corrected chi connectivity index (χ2v) is 6.18. The number of nitrogens with zero attached hydrogens (tertiary/aromatic N) is 2. The fourth-order valence-electron chi connectivity index (χ4n) is 2.82. The van der Waals surface area contributed by atoms with E-state index in [9.17, 15) is 0 Å². The fourth-order valence-corrected chi connectivity index (χ4v) is 2.82. The molecule has 0 amide bonds. The first-order chi connectivity index (χ1) is 12.6. The van der Waals surface area contributed by atoms with Gasteiger partial charge in [-0.15, -0.1) is 0 Å². The minimum Gasteiger partial charge on any atom is -0.495 e. The second kappa shape index (κ2) is 7.87. The molecule has 5 heteroatoms. The maximum atomic E-state index is 5.44. The Labute approximate surface area is 154 Å². The molecule has 0 spiro atoms. The van der Waals surface area contributed by atoms with Gasteiger partial charge < -0.3 is 15.4 Å². The van der Waals surface area contributed by atoms with E-state index in [1.54, 1.807) is 7.11 Å². The van der Waals surface area contributed by atoms with E-state index >= 15 is 0 Å². The number of benzene rings is 2. The Kier molecular flexibility index (Phi) is 5.37. The second-order valence-electron chi connectivity index (χ2n) is 6.18. The Bertz CT molecular complexity index is 908. The van der Waals surface area contributed by atoms with E-state index in [0.717, 1.165) is 40.6 Å². The summed E-state index contributed by atoms with van der Waals surface area (Å²) in [7, 11) is 1.66. The van der Waals surface area contributed by atoms with Crippen LogP contribution in [0.1, 0.15) is 23.7 Å². The van der Waals surface area contributed by atoms with Crippen molar-refractivity contribution >= 4 is 23.1 Å². The summed E-state index contributed by atoms with van der Waals surface area (Å²) in [6.45, 7) is 6.14. The lowest BCUT2D eigenvalue weighted by Crippen LogP contribution is -2.04. The summed E-state index contributed by atoms with van der Waals surface area (Å²) in [6.07, 6.45) is 0.945. The third-order valence-corrected chi connectivity index (χ3v) is 4.12. The molecular formula is C21H24N4O. The molecule has 0 aliphatic carbocycles. The number of ether oxygens (including phenoxy) is 1.